The minimum atomic E-state index is 0.251. The van der Waals surface area contributed by atoms with Crippen LogP contribution in [0.1, 0.15) is 133 Å². The van der Waals surface area contributed by atoms with Crippen LogP contribution in [0.15, 0.2) is 48.5 Å². The Morgan fingerprint density at radius 3 is 0.750 bits per heavy atom. The Morgan fingerprint density at radius 2 is 0.562 bits per heavy atom. The van der Waals surface area contributed by atoms with Gasteiger partial charge < -0.3 is 0 Å². The molecule has 0 aliphatic carbocycles. The number of rotatable bonds is 0. The zero-order valence-electron chi connectivity index (χ0n) is 24.6. The van der Waals surface area contributed by atoms with E-state index in [-0.39, 0.29) is 21.7 Å². The molecule has 2 aromatic carbocycles. The van der Waals surface area contributed by atoms with Crippen molar-refractivity contribution in [3.63, 3.8) is 0 Å². The van der Waals surface area contributed by atoms with Gasteiger partial charge in [0.15, 0.2) is 0 Å². The van der Waals surface area contributed by atoms with E-state index in [2.05, 4.69) is 132 Å². The van der Waals surface area contributed by atoms with Crippen molar-refractivity contribution in [2.75, 3.05) is 0 Å². The smallest absolute Gasteiger partial charge is 0.0132 e. The van der Waals surface area contributed by atoms with Crippen molar-refractivity contribution >= 4 is 0 Å². The highest BCUT2D eigenvalue weighted by Crippen LogP contribution is 2.28. The van der Waals surface area contributed by atoms with Crippen LogP contribution in [0.4, 0.5) is 0 Å². The van der Waals surface area contributed by atoms with E-state index in [4.69, 9.17) is 0 Å². The first kappa shape index (κ1) is 32.6. The Bertz CT molecular complexity index is 671. The normalized spacial score (nSPS) is 11.8. The summed E-state index contributed by atoms with van der Waals surface area (Å²) in [6.07, 6.45) is 0. The number of benzene rings is 2. The second-order valence-electron chi connectivity index (χ2n) is 12.2. The average Bonchev–Trinajstić information content (AvgIpc) is 2.69. The van der Waals surface area contributed by atoms with Crippen LogP contribution >= 0.6 is 0 Å². The molecular formula is C32H56. The summed E-state index contributed by atoms with van der Waals surface area (Å²) in [6, 6.07) is 17.9. The highest BCUT2D eigenvalue weighted by atomic mass is 14.2. The molecule has 0 unspecified atom stereocenters. The fourth-order valence-electron chi connectivity index (χ4n) is 2.92. The van der Waals surface area contributed by atoms with Crippen LogP contribution in [0.25, 0.3) is 0 Å². The van der Waals surface area contributed by atoms with Crippen molar-refractivity contribution in [2.24, 2.45) is 0 Å². The van der Waals surface area contributed by atoms with Crippen LogP contribution in [0, 0.1) is 0 Å². The molecule has 0 N–H and O–H groups in total. The van der Waals surface area contributed by atoms with Gasteiger partial charge in [0, 0.05) is 0 Å². The summed E-state index contributed by atoms with van der Waals surface area (Å²) >= 11 is 0. The molecule has 0 amide bonds. The van der Waals surface area contributed by atoms with Gasteiger partial charge in [0.25, 0.3) is 0 Å². The lowest BCUT2D eigenvalue weighted by molar-refractivity contribution is 0.568. The summed E-state index contributed by atoms with van der Waals surface area (Å²) in [7, 11) is 0. The van der Waals surface area contributed by atoms with E-state index in [1.165, 1.54) is 22.3 Å². The molecule has 2 aromatic rings. The molecule has 0 saturated heterocycles. The quantitative estimate of drug-likeness (QED) is 0.382. The number of hydrogen-bond donors (Lipinski definition) is 0. The molecule has 0 aliphatic rings. The second-order valence-corrected chi connectivity index (χ2v) is 12.2. The van der Waals surface area contributed by atoms with Gasteiger partial charge in [-0.1, -0.05) is 159 Å². The van der Waals surface area contributed by atoms with Crippen LogP contribution in [-0.4, -0.2) is 0 Å². The minimum absolute atomic E-state index is 0.251. The van der Waals surface area contributed by atoms with E-state index in [9.17, 15) is 0 Å². The van der Waals surface area contributed by atoms with Gasteiger partial charge in [0.2, 0.25) is 0 Å². The lowest BCUT2D eigenvalue weighted by Crippen LogP contribution is -2.15. The third-order valence-corrected chi connectivity index (χ3v) is 5.21. The van der Waals surface area contributed by atoms with Crippen molar-refractivity contribution in [3.05, 3.63) is 70.8 Å². The number of hydrogen-bond acceptors (Lipinski definition) is 0. The third kappa shape index (κ3) is 11.9. The van der Waals surface area contributed by atoms with Crippen molar-refractivity contribution in [1.82, 2.24) is 0 Å². The molecule has 0 fully saturated rings. The summed E-state index contributed by atoms with van der Waals surface area (Å²) < 4.78 is 0. The van der Waals surface area contributed by atoms with E-state index in [0.29, 0.717) is 0 Å². The predicted octanol–water partition coefficient (Wildman–Crippen LogP) is 10.6. The fourth-order valence-corrected chi connectivity index (χ4v) is 2.92. The zero-order chi connectivity index (χ0) is 26.0. The van der Waals surface area contributed by atoms with Crippen LogP contribution in [0.5, 0.6) is 0 Å². The molecule has 0 spiro atoms. The van der Waals surface area contributed by atoms with Crippen molar-refractivity contribution in [3.8, 4) is 0 Å². The maximum absolute atomic E-state index is 2.33. The largest absolute Gasteiger partial charge is 0.0683 e. The van der Waals surface area contributed by atoms with E-state index in [0.717, 1.165) is 0 Å². The lowest BCUT2D eigenvalue weighted by atomic mass is 9.81. The molecule has 0 bridgehead atoms. The highest BCUT2D eigenvalue weighted by molar-refractivity contribution is 5.32. The topological polar surface area (TPSA) is 0 Å². The van der Waals surface area contributed by atoms with Gasteiger partial charge in [0.05, 0.1) is 0 Å². The summed E-state index contributed by atoms with van der Waals surface area (Å²) in [4.78, 5) is 0. The highest BCUT2D eigenvalue weighted by Gasteiger charge is 2.18. The molecule has 0 heteroatoms. The van der Waals surface area contributed by atoms with Crippen molar-refractivity contribution in [1.29, 1.82) is 0 Å². The van der Waals surface area contributed by atoms with E-state index in [1.54, 1.807) is 0 Å². The molecular weight excluding hydrogens is 384 g/mol. The Balaban J connectivity index is 0. The zero-order valence-corrected chi connectivity index (χ0v) is 24.6. The maximum Gasteiger partial charge on any atom is -0.0132 e. The molecule has 0 aliphatic heterocycles. The molecule has 0 aromatic heterocycles. The average molecular weight is 441 g/mol. The van der Waals surface area contributed by atoms with E-state index in [1.807, 2.05) is 27.7 Å². The lowest BCUT2D eigenvalue weighted by Gasteiger charge is -2.24. The molecule has 184 valence electrons. The first-order valence-corrected chi connectivity index (χ1v) is 12.6. The minimum Gasteiger partial charge on any atom is -0.0683 e. The molecule has 0 nitrogen and oxygen atoms in total. The van der Waals surface area contributed by atoms with Gasteiger partial charge in [-0.15, -0.1) is 0 Å². The molecule has 32 heavy (non-hydrogen) atoms. The molecule has 2 rings (SSSR count). The van der Waals surface area contributed by atoms with Gasteiger partial charge >= 0.3 is 0 Å². The first-order chi connectivity index (χ1) is 14.4. The molecule has 0 atom stereocenters. The Kier molecular flexibility index (Phi) is 13.5. The summed E-state index contributed by atoms with van der Waals surface area (Å²) in [5.74, 6) is 0. The van der Waals surface area contributed by atoms with Crippen LogP contribution in [-0.2, 0) is 21.7 Å². The summed E-state index contributed by atoms with van der Waals surface area (Å²) in [6.45, 7) is 35.0. The predicted molar refractivity (Wildman–Crippen MR) is 150 cm³/mol. The van der Waals surface area contributed by atoms with E-state index < -0.39 is 0 Å². The molecule has 0 heterocycles. The van der Waals surface area contributed by atoms with Crippen LogP contribution in [0.2, 0.25) is 0 Å². The Morgan fingerprint density at radius 1 is 0.344 bits per heavy atom. The van der Waals surface area contributed by atoms with Gasteiger partial charge in [0.1, 0.15) is 0 Å². The fraction of sp³-hybridized carbons (Fsp3) is 0.625. The Hall–Kier alpha value is -1.56. The van der Waals surface area contributed by atoms with Crippen molar-refractivity contribution < 1.29 is 0 Å². The molecule has 0 saturated carbocycles. The maximum atomic E-state index is 2.33. The Labute approximate surface area is 203 Å². The van der Waals surface area contributed by atoms with Crippen LogP contribution in [0.3, 0.4) is 0 Å². The first-order valence-electron chi connectivity index (χ1n) is 12.6. The van der Waals surface area contributed by atoms with Gasteiger partial charge in [-0.2, -0.15) is 0 Å². The van der Waals surface area contributed by atoms with E-state index >= 15 is 0 Å². The van der Waals surface area contributed by atoms with Gasteiger partial charge in [-0.05, 0) is 43.9 Å². The SMILES string of the molecule is CC.CC.CC(C)(C)c1ccc(C(C)(C)C)cc1.CC(C)(C)c1cccc(C(C)(C)C)c1. The van der Waals surface area contributed by atoms with Gasteiger partial charge in [-0.25, -0.2) is 0 Å². The van der Waals surface area contributed by atoms with Crippen molar-refractivity contribution in [2.45, 2.75) is 132 Å². The summed E-state index contributed by atoms with van der Waals surface area (Å²) in [5, 5.41) is 0. The third-order valence-electron chi connectivity index (χ3n) is 5.21. The monoisotopic (exact) mass is 440 g/mol. The van der Waals surface area contributed by atoms with Crippen LogP contribution < -0.4 is 0 Å². The summed E-state index contributed by atoms with van der Waals surface area (Å²) in [5.41, 5.74) is 6.68. The molecule has 0 radical (unpaired) electrons. The second kappa shape index (κ2) is 13.2. The standard InChI is InChI=1S/2C14H22.2C2H6/c1-13(2,3)11-7-9-12(10-8-11)14(4,5)6;1-13(2,3)11-8-7-9-12(10-11)14(4,5)6;2*1-2/h2*7-10H,1-6H3;2*1-2H3. The van der Waals surface area contributed by atoms with Gasteiger partial charge in [-0.3, -0.25) is 0 Å².